The number of hydrogen-bond acceptors (Lipinski definition) is 3. The third kappa shape index (κ3) is 2.49. The van der Waals surface area contributed by atoms with Crippen LogP contribution in [0.2, 0.25) is 0 Å². The zero-order valence-corrected chi connectivity index (χ0v) is 8.99. The summed E-state index contributed by atoms with van der Waals surface area (Å²) in [4.78, 5) is 0. The quantitative estimate of drug-likeness (QED) is 0.772. The lowest BCUT2D eigenvalue weighted by molar-refractivity contribution is -0.00904. The molecular formula is C12H17NO2. The van der Waals surface area contributed by atoms with E-state index in [9.17, 15) is 5.11 Å². The van der Waals surface area contributed by atoms with Crippen LogP contribution < -0.4 is 10.1 Å². The first kappa shape index (κ1) is 10.5. The molecule has 0 spiro atoms. The Labute approximate surface area is 90.1 Å². The van der Waals surface area contributed by atoms with E-state index in [0.29, 0.717) is 26.1 Å². The van der Waals surface area contributed by atoms with Crippen LogP contribution in [0.3, 0.4) is 0 Å². The minimum atomic E-state index is -0.551. The number of rotatable bonds is 4. The number of aliphatic hydroxyl groups is 1. The number of nitrogens with one attached hydrogen (secondary N) is 1. The highest BCUT2D eigenvalue weighted by atomic mass is 16.5. The fourth-order valence-corrected chi connectivity index (χ4v) is 1.83. The predicted molar refractivity (Wildman–Crippen MR) is 59.1 cm³/mol. The van der Waals surface area contributed by atoms with Crippen molar-refractivity contribution in [3.63, 3.8) is 0 Å². The maximum Gasteiger partial charge on any atom is 0.119 e. The van der Waals surface area contributed by atoms with E-state index in [1.165, 1.54) is 0 Å². The summed E-state index contributed by atoms with van der Waals surface area (Å²) in [6.07, 6.45) is 0.695. The molecule has 1 aromatic carbocycles. The molecule has 0 atom stereocenters. The van der Waals surface area contributed by atoms with Gasteiger partial charge in [-0.1, -0.05) is 12.1 Å². The van der Waals surface area contributed by atoms with Gasteiger partial charge in [0.05, 0.1) is 12.2 Å². The van der Waals surface area contributed by atoms with E-state index in [1.54, 1.807) is 0 Å². The number of benzene rings is 1. The first-order chi connectivity index (χ1) is 7.22. The number of ether oxygens (including phenoxy) is 1. The van der Waals surface area contributed by atoms with E-state index < -0.39 is 5.60 Å². The summed E-state index contributed by atoms with van der Waals surface area (Å²) < 4.78 is 5.42. The topological polar surface area (TPSA) is 41.5 Å². The molecule has 0 amide bonds. The normalized spacial score (nSPS) is 18.3. The second kappa shape index (κ2) is 4.21. The van der Waals surface area contributed by atoms with Crippen LogP contribution in [-0.4, -0.2) is 30.4 Å². The molecule has 0 bridgehead atoms. The Balaban J connectivity index is 2.04. The van der Waals surface area contributed by atoms with Gasteiger partial charge in [-0.15, -0.1) is 0 Å². The minimum Gasteiger partial charge on any atom is -0.494 e. The lowest BCUT2D eigenvalue weighted by Gasteiger charge is -2.37. The third-order valence-electron chi connectivity index (χ3n) is 2.65. The molecule has 0 radical (unpaired) electrons. The van der Waals surface area contributed by atoms with Gasteiger partial charge in [-0.25, -0.2) is 0 Å². The Hall–Kier alpha value is -1.06. The summed E-state index contributed by atoms with van der Waals surface area (Å²) >= 11 is 0. The monoisotopic (exact) mass is 207 g/mol. The summed E-state index contributed by atoms with van der Waals surface area (Å²) in [6, 6.07) is 7.93. The van der Waals surface area contributed by atoms with Gasteiger partial charge in [-0.2, -0.15) is 0 Å². The molecule has 3 nitrogen and oxygen atoms in total. The van der Waals surface area contributed by atoms with Gasteiger partial charge in [-0.05, 0) is 24.6 Å². The van der Waals surface area contributed by atoms with Crippen molar-refractivity contribution in [2.45, 2.75) is 18.9 Å². The Morgan fingerprint density at radius 3 is 2.87 bits per heavy atom. The van der Waals surface area contributed by atoms with Crippen molar-refractivity contribution in [3.05, 3.63) is 29.8 Å². The van der Waals surface area contributed by atoms with Gasteiger partial charge < -0.3 is 15.2 Å². The van der Waals surface area contributed by atoms with Crippen LogP contribution in [0, 0.1) is 0 Å². The lowest BCUT2D eigenvalue weighted by atomic mass is 9.89. The van der Waals surface area contributed by atoms with E-state index >= 15 is 0 Å². The molecule has 1 aliphatic rings. The molecule has 2 N–H and O–H groups in total. The van der Waals surface area contributed by atoms with Crippen LogP contribution in [-0.2, 0) is 6.42 Å². The van der Waals surface area contributed by atoms with Gasteiger partial charge in [0, 0.05) is 19.5 Å². The summed E-state index contributed by atoms with van der Waals surface area (Å²) in [6.45, 7) is 4.02. The maximum atomic E-state index is 9.98. The molecule has 1 saturated heterocycles. The standard InChI is InChI=1S/C12H17NO2/c1-2-15-11-5-3-4-10(6-11)7-12(14)8-13-9-12/h3-6,13-14H,2,7-9H2,1H3. The Morgan fingerprint density at radius 1 is 1.47 bits per heavy atom. The number of β-amino-alcohol motifs (C(OH)–C–C–N with tert-alkyl or cyclic N) is 1. The third-order valence-corrected chi connectivity index (χ3v) is 2.65. The van der Waals surface area contributed by atoms with Crippen molar-refractivity contribution in [2.24, 2.45) is 0 Å². The highest BCUT2D eigenvalue weighted by Crippen LogP contribution is 2.21. The van der Waals surface area contributed by atoms with E-state index in [1.807, 2.05) is 31.2 Å². The average Bonchev–Trinajstić information content (AvgIpc) is 2.16. The van der Waals surface area contributed by atoms with E-state index in [2.05, 4.69) is 5.32 Å². The molecule has 0 saturated carbocycles. The van der Waals surface area contributed by atoms with Crippen LogP contribution >= 0.6 is 0 Å². The van der Waals surface area contributed by atoms with Gasteiger partial charge in [-0.3, -0.25) is 0 Å². The van der Waals surface area contributed by atoms with Crippen molar-refractivity contribution in [1.29, 1.82) is 0 Å². The van der Waals surface area contributed by atoms with Crippen LogP contribution in [0.15, 0.2) is 24.3 Å². The van der Waals surface area contributed by atoms with E-state index in [-0.39, 0.29) is 0 Å². The summed E-state index contributed by atoms with van der Waals surface area (Å²) in [5.41, 5.74) is 0.579. The molecule has 0 aliphatic carbocycles. The molecule has 2 rings (SSSR count). The highest BCUT2D eigenvalue weighted by molar-refractivity contribution is 5.30. The molecular weight excluding hydrogens is 190 g/mol. The molecule has 1 aromatic rings. The lowest BCUT2D eigenvalue weighted by Crippen LogP contribution is -2.60. The van der Waals surface area contributed by atoms with Crippen LogP contribution in [0.1, 0.15) is 12.5 Å². The fourth-order valence-electron chi connectivity index (χ4n) is 1.83. The van der Waals surface area contributed by atoms with Crippen molar-refractivity contribution >= 4 is 0 Å². The van der Waals surface area contributed by atoms with Gasteiger partial charge in [0.15, 0.2) is 0 Å². The van der Waals surface area contributed by atoms with Crippen LogP contribution in [0.5, 0.6) is 5.75 Å². The zero-order chi connectivity index (χ0) is 10.7. The molecule has 82 valence electrons. The molecule has 1 heterocycles. The highest BCUT2D eigenvalue weighted by Gasteiger charge is 2.34. The summed E-state index contributed by atoms with van der Waals surface area (Å²) in [7, 11) is 0. The molecule has 0 aromatic heterocycles. The minimum absolute atomic E-state index is 0.551. The Morgan fingerprint density at radius 2 is 2.27 bits per heavy atom. The zero-order valence-electron chi connectivity index (χ0n) is 8.99. The molecule has 15 heavy (non-hydrogen) atoms. The van der Waals surface area contributed by atoms with Gasteiger partial charge in [0.1, 0.15) is 5.75 Å². The second-order valence-electron chi connectivity index (χ2n) is 4.09. The molecule has 1 aliphatic heterocycles. The Bertz CT molecular complexity index is 334. The van der Waals surface area contributed by atoms with Crippen molar-refractivity contribution in [2.75, 3.05) is 19.7 Å². The average molecular weight is 207 g/mol. The largest absolute Gasteiger partial charge is 0.494 e. The van der Waals surface area contributed by atoms with Gasteiger partial charge in [0.2, 0.25) is 0 Å². The molecule has 0 unspecified atom stereocenters. The molecule has 1 fully saturated rings. The first-order valence-corrected chi connectivity index (χ1v) is 5.37. The second-order valence-corrected chi connectivity index (χ2v) is 4.09. The van der Waals surface area contributed by atoms with Gasteiger partial charge >= 0.3 is 0 Å². The smallest absolute Gasteiger partial charge is 0.119 e. The van der Waals surface area contributed by atoms with Crippen LogP contribution in [0.25, 0.3) is 0 Å². The van der Waals surface area contributed by atoms with Crippen LogP contribution in [0.4, 0.5) is 0 Å². The summed E-state index contributed by atoms with van der Waals surface area (Å²) in [5, 5.41) is 13.1. The number of hydrogen-bond donors (Lipinski definition) is 2. The Kier molecular flexibility index (Phi) is 2.93. The fraction of sp³-hybridized carbons (Fsp3) is 0.500. The SMILES string of the molecule is CCOc1cccc(CC2(O)CNC2)c1. The summed E-state index contributed by atoms with van der Waals surface area (Å²) in [5.74, 6) is 0.880. The maximum absolute atomic E-state index is 9.98. The van der Waals surface area contributed by atoms with E-state index in [0.717, 1.165) is 11.3 Å². The van der Waals surface area contributed by atoms with Gasteiger partial charge in [0.25, 0.3) is 0 Å². The van der Waals surface area contributed by atoms with Crippen molar-refractivity contribution < 1.29 is 9.84 Å². The van der Waals surface area contributed by atoms with Crippen molar-refractivity contribution in [3.8, 4) is 5.75 Å². The predicted octanol–water partition coefficient (Wildman–Crippen LogP) is 0.962. The van der Waals surface area contributed by atoms with Crippen molar-refractivity contribution in [1.82, 2.24) is 5.32 Å². The first-order valence-electron chi connectivity index (χ1n) is 5.37. The van der Waals surface area contributed by atoms with E-state index in [4.69, 9.17) is 4.74 Å². The molecule has 3 heteroatoms.